The zero-order chi connectivity index (χ0) is 13.4. The molecule has 0 spiro atoms. The van der Waals surface area contributed by atoms with Crippen molar-refractivity contribution >= 4 is 39.1 Å². The first-order chi connectivity index (χ1) is 9.20. The maximum atomic E-state index is 11.6. The molecule has 0 amide bonds. The summed E-state index contributed by atoms with van der Waals surface area (Å²) >= 11 is 6.27. The number of methoxy groups -OCH3 is 1. The number of halogens is 1. The summed E-state index contributed by atoms with van der Waals surface area (Å²) in [4.78, 5) is 11.6. The van der Waals surface area contributed by atoms with Gasteiger partial charge in [-0.1, -0.05) is 41.9 Å². The zero-order valence-corrected chi connectivity index (χ0v) is 11.1. The molecule has 0 fully saturated rings. The van der Waals surface area contributed by atoms with Gasteiger partial charge < -0.3 is 4.74 Å². The van der Waals surface area contributed by atoms with Crippen molar-refractivity contribution < 1.29 is 9.53 Å². The van der Waals surface area contributed by atoms with E-state index in [0.29, 0.717) is 10.6 Å². The Morgan fingerprint density at radius 2 is 1.74 bits per heavy atom. The summed E-state index contributed by atoms with van der Waals surface area (Å²) in [7, 11) is 1.38. The molecule has 0 bridgehead atoms. The Hall–Kier alpha value is -2.06. The third-order valence-electron chi connectivity index (χ3n) is 3.23. The molecule has 0 aliphatic rings. The number of esters is 1. The number of carbonyl (C=O) groups is 1. The second kappa shape index (κ2) is 4.56. The summed E-state index contributed by atoms with van der Waals surface area (Å²) in [5, 5.41) is 4.75. The van der Waals surface area contributed by atoms with Crippen LogP contribution in [-0.2, 0) is 4.74 Å². The van der Waals surface area contributed by atoms with Crippen LogP contribution in [0.15, 0.2) is 48.5 Å². The molecule has 0 aliphatic heterocycles. The lowest BCUT2D eigenvalue weighted by Crippen LogP contribution is -2.00. The van der Waals surface area contributed by atoms with Gasteiger partial charge in [0, 0.05) is 10.4 Å². The molecule has 0 atom stereocenters. The molecular weight excluding hydrogens is 260 g/mol. The Kier molecular flexibility index (Phi) is 2.88. The van der Waals surface area contributed by atoms with Crippen LogP contribution in [0.25, 0.3) is 21.5 Å². The van der Waals surface area contributed by atoms with Crippen LogP contribution in [0, 0.1) is 0 Å². The molecule has 0 aromatic heterocycles. The predicted molar refractivity (Wildman–Crippen MR) is 77.8 cm³/mol. The average molecular weight is 271 g/mol. The minimum Gasteiger partial charge on any atom is -0.465 e. The molecule has 19 heavy (non-hydrogen) atoms. The Morgan fingerprint density at radius 1 is 1.00 bits per heavy atom. The molecule has 2 nitrogen and oxygen atoms in total. The molecule has 3 aromatic carbocycles. The van der Waals surface area contributed by atoms with Crippen molar-refractivity contribution in [3.8, 4) is 0 Å². The fraction of sp³-hybridized carbons (Fsp3) is 0.0625. The Balaban J connectivity index is 2.41. The lowest BCUT2D eigenvalue weighted by Gasteiger charge is -2.07. The summed E-state index contributed by atoms with van der Waals surface area (Å²) < 4.78 is 4.76. The first-order valence-corrected chi connectivity index (χ1v) is 6.28. The van der Waals surface area contributed by atoms with Crippen molar-refractivity contribution in [3.05, 3.63) is 59.1 Å². The van der Waals surface area contributed by atoms with E-state index in [1.165, 1.54) is 7.11 Å². The van der Waals surface area contributed by atoms with E-state index < -0.39 is 0 Å². The highest BCUT2D eigenvalue weighted by Crippen LogP contribution is 2.32. The van der Waals surface area contributed by atoms with Crippen molar-refractivity contribution in [1.29, 1.82) is 0 Å². The SMILES string of the molecule is COC(=O)c1ccc2cc(Cl)c3ccccc3c2c1. The van der Waals surface area contributed by atoms with Gasteiger partial charge in [0.05, 0.1) is 12.7 Å². The van der Waals surface area contributed by atoms with Crippen LogP contribution in [0.4, 0.5) is 0 Å². The predicted octanol–water partition coefficient (Wildman–Crippen LogP) is 4.43. The van der Waals surface area contributed by atoms with Crippen molar-refractivity contribution in [3.63, 3.8) is 0 Å². The fourth-order valence-electron chi connectivity index (χ4n) is 2.30. The van der Waals surface area contributed by atoms with Gasteiger partial charge in [0.15, 0.2) is 0 Å². The summed E-state index contributed by atoms with van der Waals surface area (Å²) in [5.41, 5.74) is 0.544. The van der Waals surface area contributed by atoms with Gasteiger partial charge in [-0.05, 0) is 34.4 Å². The summed E-state index contributed by atoms with van der Waals surface area (Å²) in [6.45, 7) is 0. The number of carbonyl (C=O) groups excluding carboxylic acids is 1. The highest BCUT2D eigenvalue weighted by molar-refractivity contribution is 6.37. The second-order valence-electron chi connectivity index (χ2n) is 4.33. The quantitative estimate of drug-likeness (QED) is 0.483. The highest BCUT2D eigenvalue weighted by atomic mass is 35.5. The monoisotopic (exact) mass is 270 g/mol. The number of ether oxygens (including phenoxy) is 1. The molecule has 0 heterocycles. The second-order valence-corrected chi connectivity index (χ2v) is 4.74. The van der Waals surface area contributed by atoms with Crippen LogP contribution >= 0.6 is 11.6 Å². The number of hydrogen-bond acceptors (Lipinski definition) is 2. The molecule has 94 valence electrons. The van der Waals surface area contributed by atoms with Crippen molar-refractivity contribution in [1.82, 2.24) is 0 Å². The molecule has 0 unspecified atom stereocenters. The van der Waals surface area contributed by atoms with Crippen LogP contribution in [0.5, 0.6) is 0 Å². The minimum absolute atomic E-state index is 0.332. The summed E-state index contributed by atoms with van der Waals surface area (Å²) in [6, 6.07) is 15.3. The van der Waals surface area contributed by atoms with E-state index in [0.717, 1.165) is 21.5 Å². The van der Waals surface area contributed by atoms with E-state index in [-0.39, 0.29) is 5.97 Å². The highest BCUT2D eigenvalue weighted by Gasteiger charge is 2.09. The van der Waals surface area contributed by atoms with Gasteiger partial charge in [-0.2, -0.15) is 0 Å². The van der Waals surface area contributed by atoms with Crippen molar-refractivity contribution in [2.45, 2.75) is 0 Å². The maximum Gasteiger partial charge on any atom is 0.337 e. The first kappa shape index (κ1) is 12.0. The summed E-state index contributed by atoms with van der Waals surface area (Å²) in [6.07, 6.45) is 0. The molecule has 0 aliphatic carbocycles. The standard InChI is InChI=1S/C16H11ClO2/c1-19-16(18)11-7-6-10-9-15(17)13-5-3-2-4-12(13)14(10)8-11/h2-9H,1H3. The van der Waals surface area contributed by atoms with Gasteiger partial charge in [0.25, 0.3) is 0 Å². The van der Waals surface area contributed by atoms with E-state index in [1.807, 2.05) is 42.5 Å². The largest absolute Gasteiger partial charge is 0.465 e. The molecule has 0 radical (unpaired) electrons. The lowest BCUT2D eigenvalue weighted by atomic mass is 10.00. The fourth-order valence-corrected chi connectivity index (χ4v) is 2.58. The Labute approximate surface area is 115 Å². The topological polar surface area (TPSA) is 26.3 Å². The van der Waals surface area contributed by atoms with Crippen molar-refractivity contribution in [2.75, 3.05) is 7.11 Å². The van der Waals surface area contributed by atoms with Crippen LogP contribution in [-0.4, -0.2) is 13.1 Å². The molecule has 3 aromatic rings. The van der Waals surface area contributed by atoms with Gasteiger partial charge in [-0.3, -0.25) is 0 Å². The van der Waals surface area contributed by atoms with Crippen LogP contribution in [0.3, 0.4) is 0 Å². The molecule has 3 rings (SSSR count). The lowest BCUT2D eigenvalue weighted by molar-refractivity contribution is 0.0601. The Morgan fingerprint density at radius 3 is 2.47 bits per heavy atom. The number of hydrogen-bond donors (Lipinski definition) is 0. The van der Waals surface area contributed by atoms with Gasteiger partial charge in [0.2, 0.25) is 0 Å². The third-order valence-corrected chi connectivity index (χ3v) is 3.54. The van der Waals surface area contributed by atoms with Crippen LogP contribution in [0.2, 0.25) is 5.02 Å². The Bertz CT molecular complexity index is 793. The van der Waals surface area contributed by atoms with Crippen molar-refractivity contribution in [2.24, 2.45) is 0 Å². The zero-order valence-electron chi connectivity index (χ0n) is 10.3. The third kappa shape index (κ3) is 1.94. The smallest absolute Gasteiger partial charge is 0.337 e. The minimum atomic E-state index is -0.332. The van der Waals surface area contributed by atoms with Gasteiger partial charge in [0.1, 0.15) is 0 Å². The van der Waals surface area contributed by atoms with Gasteiger partial charge in [-0.15, -0.1) is 0 Å². The van der Waals surface area contributed by atoms with E-state index in [9.17, 15) is 4.79 Å². The molecule has 0 N–H and O–H groups in total. The molecule has 3 heteroatoms. The normalized spacial score (nSPS) is 10.8. The number of rotatable bonds is 1. The first-order valence-electron chi connectivity index (χ1n) is 5.90. The van der Waals surface area contributed by atoms with E-state index >= 15 is 0 Å². The van der Waals surface area contributed by atoms with Gasteiger partial charge in [-0.25, -0.2) is 4.79 Å². The number of benzene rings is 3. The van der Waals surface area contributed by atoms with Crippen LogP contribution < -0.4 is 0 Å². The summed E-state index contributed by atoms with van der Waals surface area (Å²) in [5.74, 6) is -0.332. The van der Waals surface area contributed by atoms with Gasteiger partial charge >= 0.3 is 5.97 Å². The van der Waals surface area contributed by atoms with E-state index in [1.54, 1.807) is 6.07 Å². The molecular formula is C16H11ClO2. The molecule has 0 saturated carbocycles. The van der Waals surface area contributed by atoms with Crippen LogP contribution in [0.1, 0.15) is 10.4 Å². The van der Waals surface area contributed by atoms with E-state index in [2.05, 4.69) is 0 Å². The maximum absolute atomic E-state index is 11.6. The van der Waals surface area contributed by atoms with E-state index in [4.69, 9.17) is 16.3 Å². The average Bonchev–Trinajstić information content (AvgIpc) is 2.46. The number of fused-ring (bicyclic) bond motifs is 3. The molecule has 0 saturated heterocycles.